The number of carboxylic acid groups (broad SMARTS) is 1. The second kappa shape index (κ2) is 6.77. The first-order valence-corrected chi connectivity index (χ1v) is 10.2. The van der Waals surface area contributed by atoms with Gasteiger partial charge in [-0.05, 0) is 37.3 Å². The lowest BCUT2D eigenvalue weighted by Crippen LogP contribution is -2.46. The normalized spacial score (nSPS) is 28.5. The maximum Gasteiger partial charge on any atom is 0.341 e. The number of hydrogen-bond acceptors (Lipinski definition) is 4. The minimum absolute atomic E-state index is 0.0390. The van der Waals surface area contributed by atoms with Gasteiger partial charge < -0.3 is 20.3 Å². The van der Waals surface area contributed by atoms with Gasteiger partial charge in [-0.2, -0.15) is 0 Å². The van der Waals surface area contributed by atoms with E-state index in [1.807, 2.05) is 11.8 Å². The van der Waals surface area contributed by atoms with Crippen molar-refractivity contribution in [2.75, 3.05) is 18.0 Å². The van der Waals surface area contributed by atoms with Gasteiger partial charge >= 0.3 is 5.97 Å². The van der Waals surface area contributed by atoms with Gasteiger partial charge in [0.15, 0.2) is 0 Å². The van der Waals surface area contributed by atoms with Gasteiger partial charge in [0.2, 0.25) is 5.43 Å². The molecule has 8 heteroatoms. The molecular formula is C22H27F2N3O3. The number of hydrogen-bond donors (Lipinski definition) is 2. The number of benzene rings is 1. The molecule has 1 saturated carbocycles. The van der Waals surface area contributed by atoms with Gasteiger partial charge in [-0.1, -0.05) is 13.8 Å². The summed E-state index contributed by atoms with van der Waals surface area (Å²) < 4.78 is 30.7. The van der Waals surface area contributed by atoms with Crippen molar-refractivity contribution in [3.05, 3.63) is 39.4 Å². The van der Waals surface area contributed by atoms with E-state index in [1.54, 1.807) is 6.92 Å². The average molecular weight is 419 g/mol. The number of carbonyl (C=O) groups is 1. The number of aromatic nitrogens is 1. The van der Waals surface area contributed by atoms with Gasteiger partial charge in [0.05, 0.1) is 17.2 Å². The zero-order chi connectivity index (χ0) is 22.1. The summed E-state index contributed by atoms with van der Waals surface area (Å²) in [7, 11) is 0. The van der Waals surface area contributed by atoms with Crippen LogP contribution in [0.5, 0.6) is 0 Å². The largest absolute Gasteiger partial charge is 0.477 e. The zero-order valence-electron chi connectivity index (χ0n) is 17.6. The van der Waals surface area contributed by atoms with Crippen LogP contribution in [0, 0.1) is 24.6 Å². The van der Waals surface area contributed by atoms with Gasteiger partial charge in [-0.15, -0.1) is 0 Å². The van der Waals surface area contributed by atoms with Crippen LogP contribution >= 0.6 is 0 Å². The standard InChI is InChI=1S/C22H27F2N3O3/c1-10(2)14-8-26(9-22(14,4)25)19-11(3)18-12(5-16(19)24)20(28)13(21(29)30)7-27(18)17-6-15(17)23/h5,7,10,14-15,17H,6,8-9,25H2,1-4H3,(H,29,30)/t14?,15-,17+,22?/m0/s1. The lowest BCUT2D eigenvalue weighted by molar-refractivity contribution is 0.0694. The quantitative estimate of drug-likeness (QED) is 0.794. The van der Waals surface area contributed by atoms with Crippen LogP contribution in [0.4, 0.5) is 14.5 Å². The smallest absolute Gasteiger partial charge is 0.341 e. The third-order valence-corrected chi connectivity index (χ3v) is 6.66. The molecule has 4 rings (SSSR count). The number of fused-ring (bicyclic) bond motifs is 1. The van der Waals surface area contributed by atoms with Crippen LogP contribution in [0.15, 0.2) is 17.1 Å². The van der Waals surface area contributed by atoms with E-state index in [1.165, 1.54) is 10.8 Å². The van der Waals surface area contributed by atoms with E-state index < -0.39 is 40.5 Å². The van der Waals surface area contributed by atoms with Crippen molar-refractivity contribution < 1.29 is 18.7 Å². The molecule has 1 aromatic carbocycles. The topological polar surface area (TPSA) is 88.6 Å². The van der Waals surface area contributed by atoms with E-state index in [9.17, 15) is 19.1 Å². The van der Waals surface area contributed by atoms with Crippen molar-refractivity contribution in [1.29, 1.82) is 0 Å². The molecule has 2 aliphatic rings. The number of alkyl halides is 1. The molecule has 0 spiro atoms. The molecule has 1 aliphatic carbocycles. The summed E-state index contributed by atoms with van der Waals surface area (Å²) >= 11 is 0. The second-order valence-electron chi connectivity index (χ2n) is 9.37. The minimum atomic E-state index is -1.41. The van der Waals surface area contributed by atoms with Gasteiger partial charge in [0, 0.05) is 36.6 Å². The molecule has 4 atom stereocenters. The monoisotopic (exact) mass is 419 g/mol. The molecule has 30 heavy (non-hydrogen) atoms. The third-order valence-electron chi connectivity index (χ3n) is 6.66. The Morgan fingerprint density at radius 3 is 2.53 bits per heavy atom. The highest BCUT2D eigenvalue weighted by molar-refractivity contribution is 5.95. The first-order chi connectivity index (χ1) is 13.9. The second-order valence-corrected chi connectivity index (χ2v) is 9.37. The number of rotatable bonds is 4. The Hall–Kier alpha value is -2.48. The molecule has 1 saturated heterocycles. The van der Waals surface area contributed by atoms with E-state index in [-0.39, 0.29) is 17.7 Å². The molecule has 162 valence electrons. The molecule has 0 radical (unpaired) electrons. The molecule has 2 heterocycles. The van der Waals surface area contributed by atoms with Crippen molar-refractivity contribution in [2.24, 2.45) is 17.6 Å². The third kappa shape index (κ3) is 3.09. The number of aromatic carboxylic acids is 1. The molecule has 2 unspecified atom stereocenters. The SMILES string of the molecule is Cc1c(N2CC(C(C)C)C(C)(N)C2)c(F)cc2c(=O)c(C(=O)O)cn([C@@H]3C[C@@H]3F)c12. The Labute approximate surface area is 173 Å². The molecule has 0 amide bonds. The fraction of sp³-hybridized carbons (Fsp3) is 0.545. The summed E-state index contributed by atoms with van der Waals surface area (Å²) in [4.78, 5) is 26.2. The van der Waals surface area contributed by atoms with Crippen LogP contribution < -0.4 is 16.1 Å². The van der Waals surface area contributed by atoms with Crippen LogP contribution in [0.3, 0.4) is 0 Å². The van der Waals surface area contributed by atoms with Crippen LogP contribution in [-0.4, -0.2) is 40.4 Å². The first kappa shape index (κ1) is 20.8. The summed E-state index contributed by atoms with van der Waals surface area (Å²) in [6.07, 6.45) is 0.318. The molecular weight excluding hydrogens is 392 g/mol. The highest BCUT2D eigenvalue weighted by Crippen LogP contribution is 2.43. The molecule has 1 aromatic heterocycles. The highest BCUT2D eigenvalue weighted by Gasteiger charge is 2.44. The van der Waals surface area contributed by atoms with Crippen molar-refractivity contribution in [3.8, 4) is 0 Å². The van der Waals surface area contributed by atoms with E-state index in [0.29, 0.717) is 35.8 Å². The van der Waals surface area contributed by atoms with Crippen LogP contribution in [0.1, 0.15) is 49.2 Å². The molecule has 2 aromatic rings. The Morgan fingerprint density at radius 2 is 2.03 bits per heavy atom. The van der Waals surface area contributed by atoms with Crippen molar-refractivity contribution in [2.45, 2.75) is 51.9 Å². The Balaban J connectivity index is 1.95. The minimum Gasteiger partial charge on any atom is -0.477 e. The number of halogens is 2. The lowest BCUT2D eigenvalue weighted by Gasteiger charge is -2.28. The maximum absolute atomic E-state index is 15.3. The van der Waals surface area contributed by atoms with E-state index in [4.69, 9.17) is 5.73 Å². The number of aryl methyl sites for hydroxylation is 1. The van der Waals surface area contributed by atoms with Crippen LogP contribution in [0.2, 0.25) is 0 Å². The molecule has 2 fully saturated rings. The zero-order valence-corrected chi connectivity index (χ0v) is 17.6. The molecule has 1 aliphatic heterocycles. The van der Waals surface area contributed by atoms with Crippen molar-refractivity contribution >= 4 is 22.6 Å². The van der Waals surface area contributed by atoms with Gasteiger partial charge in [0.25, 0.3) is 0 Å². The number of nitrogens with two attached hydrogens (primary N) is 1. The maximum atomic E-state index is 15.3. The summed E-state index contributed by atoms with van der Waals surface area (Å²) in [5.74, 6) is -1.54. The summed E-state index contributed by atoms with van der Waals surface area (Å²) in [6, 6.07) is 0.541. The lowest BCUT2D eigenvalue weighted by atomic mass is 9.82. The Kier molecular flexibility index (Phi) is 4.69. The number of nitrogens with zero attached hydrogens (tertiary/aromatic N) is 2. The average Bonchev–Trinajstić information content (AvgIpc) is 3.26. The van der Waals surface area contributed by atoms with Gasteiger partial charge in [-0.3, -0.25) is 4.79 Å². The number of anilines is 1. The van der Waals surface area contributed by atoms with Crippen LogP contribution in [0.25, 0.3) is 10.9 Å². The van der Waals surface area contributed by atoms with E-state index >= 15 is 4.39 Å². The van der Waals surface area contributed by atoms with Crippen molar-refractivity contribution in [3.63, 3.8) is 0 Å². The molecule has 0 bridgehead atoms. The predicted molar refractivity (Wildman–Crippen MR) is 112 cm³/mol. The van der Waals surface area contributed by atoms with Crippen LogP contribution in [-0.2, 0) is 0 Å². The fourth-order valence-electron chi connectivity index (χ4n) is 5.09. The predicted octanol–water partition coefficient (Wildman–Crippen LogP) is 3.24. The Bertz CT molecular complexity index is 1110. The van der Waals surface area contributed by atoms with Gasteiger partial charge in [0.1, 0.15) is 17.6 Å². The summed E-state index contributed by atoms with van der Waals surface area (Å²) in [5, 5.41) is 9.36. The Morgan fingerprint density at radius 1 is 1.40 bits per heavy atom. The first-order valence-electron chi connectivity index (χ1n) is 10.2. The van der Waals surface area contributed by atoms with Crippen molar-refractivity contribution in [1.82, 2.24) is 4.57 Å². The molecule has 6 nitrogen and oxygen atoms in total. The number of carboxylic acids is 1. The van der Waals surface area contributed by atoms with E-state index in [0.717, 1.165) is 6.07 Å². The highest BCUT2D eigenvalue weighted by atomic mass is 19.1. The van der Waals surface area contributed by atoms with Gasteiger partial charge in [-0.25, -0.2) is 13.6 Å². The molecule has 3 N–H and O–H groups in total. The summed E-state index contributed by atoms with van der Waals surface area (Å²) in [6.45, 7) is 8.85. The number of pyridine rings is 1. The fourth-order valence-corrected chi connectivity index (χ4v) is 5.09. The summed E-state index contributed by atoms with van der Waals surface area (Å²) in [5.41, 5.74) is 5.99. The van der Waals surface area contributed by atoms with E-state index in [2.05, 4.69) is 13.8 Å².